The minimum Gasteiger partial charge on any atom is -0.493 e. The van der Waals surface area contributed by atoms with Gasteiger partial charge < -0.3 is 20.5 Å². The second-order valence-corrected chi connectivity index (χ2v) is 5.90. The van der Waals surface area contributed by atoms with E-state index in [0.29, 0.717) is 30.6 Å². The van der Waals surface area contributed by atoms with Crippen LogP contribution in [0.1, 0.15) is 18.4 Å². The summed E-state index contributed by atoms with van der Waals surface area (Å²) >= 11 is 0. The molecule has 1 aromatic carbocycles. The van der Waals surface area contributed by atoms with Crippen molar-refractivity contribution in [2.24, 2.45) is 5.73 Å². The summed E-state index contributed by atoms with van der Waals surface area (Å²) in [5.74, 6) is 1.49. The SMILES string of the molecule is COc1ccc(CCNC(=O)CN2CCC(N)CC2)cc1OC. The third-order valence-corrected chi connectivity index (χ3v) is 4.18. The van der Waals surface area contributed by atoms with Crippen molar-refractivity contribution < 1.29 is 14.3 Å². The highest BCUT2D eigenvalue weighted by Crippen LogP contribution is 2.27. The number of ether oxygens (including phenoxy) is 2. The van der Waals surface area contributed by atoms with Crippen LogP contribution in [0.2, 0.25) is 0 Å². The zero-order valence-corrected chi connectivity index (χ0v) is 14.0. The molecule has 1 aromatic rings. The Balaban J connectivity index is 1.73. The summed E-state index contributed by atoms with van der Waals surface area (Å²) in [5, 5.41) is 2.97. The van der Waals surface area contributed by atoms with Crippen LogP contribution in [0.5, 0.6) is 11.5 Å². The van der Waals surface area contributed by atoms with Gasteiger partial charge >= 0.3 is 0 Å². The molecule has 1 amide bonds. The van der Waals surface area contributed by atoms with Crippen LogP contribution >= 0.6 is 0 Å². The molecule has 23 heavy (non-hydrogen) atoms. The van der Waals surface area contributed by atoms with Gasteiger partial charge in [-0.25, -0.2) is 0 Å². The third kappa shape index (κ3) is 5.41. The number of nitrogens with one attached hydrogen (secondary N) is 1. The second-order valence-electron chi connectivity index (χ2n) is 5.90. The number of likely N-dealkylation sites (tertiary alicyclic amines) is 1. The molecule has 0 radical (unpaired) electrons. The Kier molecular flexibility index (Phi) is 6.67. The van der Waals surface area contributed by atoms with Crippen molar-refractivity contribution in [1.82, 2.24) is 10.2 Å². The van der Waals surface area contributed by atoms with Crippen LogP contribution in [-0.2, 0) is 11.2 Å². The standard InChI is InChI=1S/C17H27N3O3/c1-22-15-4-3-13(11-16(15)23-2)5-8-19-17(21)12-20-9-6-14(18)7-10-20/h3-4,11,14H,5-10,12,18H2,1-2H3,(H,19,21). The van der Waals surface area contributed by atoms with Crippen molar-refractivity contribution in [2.45, 2.75) is 25.3 Å². The van der Waals surface area contributed by atoms with Gasteiger partial charge in [-0.2, -0.15) is 0 Å². The van der Waals surface area contributed by atoms with Crippen LogP contribution in [0.25, 0.3) is 0 Å². The Morgan fingerprint density at radius 3 is 2.61 bits per heavy atom. The van der Waals surface area contributed by atoms with E-state index >= 15 is 0 Å². The lowest BCUT2D eigenvalue weighted by Crippen LogP contribution is -2.44. The zero-order chi connectivity index (χ0) is 16.7. The van der Waals surface area contributed by atoms with Crippen molar-refractivity contribution in [1.29, 1.82) is 0 Å². The van der Waals surface area contributed by atoms with Crippen molar-refractivity contribution in [3.8, 4) is 11.5 Å². The lowest BCUT2D eigenvalue weighted by Gasteiger charge is -2.29. The van der Waals surface area contributed by atoms with Gasteiger partial charge in [0.1, 0.15) is 0 Å². The highest BCUT2D eigenvalue weighted by molar-refractivity contribution is 5.78. The fraction of sp³-hybridized carbons (Fsp3) is 0.588. The van der Waals surface area contributed by atoms with Gasteiger partial charge in [-0.05, 0) is 37.0 Å². The van der Waals surface area contributed by atoms with E-state index in [1.165, 1.54) is 0 Å². The highest BCUT2D eigenvalue weighted by atomic mass is 16.5. The number of nitrogens with zero attached hydrogens (tertiary/aromatic N) is 1. The number of nitrogens with two attached hydrogens (primary N) is 1. The van der Waals surface area contributed by atoms with Gasteiger partial charge in [-0.15, -0.1) is 0 Å². The lowest BCUT2D eigenvalue weighted by atomic mass is 10.1. The molecule has 1 heterocycles. The number of carbonyl (C=O) groups excluding carboxylic acids is 1. The molecule has 1 fully saturated rings. The largest absolute Gasteiger partial charge is 0.493 e. The molecule has 3 N–H and O–H groups in total. The quantitative estimate of drug-likeness (QED) is 0.776. The normalized spacial score (nSPS) is 16.1. The predicted molar refractivity (Wildman–Crippen MR) is 89.9 cm³/mol. The maximum absolute atomic E-state index is 12.0. The molecule has 0 unspecified atom stereocenters. The molecule has 0 atom stereocenters. The Hall–Kier alpha value is -1.79. The Morgan fingerprint density at radius 2 is 1.96 bits per heavy atom. The number of methoxy groups -OCH3 is 2. The van der Waals surface area contributed by atoms with Gasteiger partial charge in [0.15, 0.2) is 11.5 Å². The van der Waals surface area contributed by atoms with Crippen molar-refractivity contribution in [3.05, 3.63) is 23.8 Å². The summed E-state index contributed by atoms with van der Waals surface area (Å²) in [6.45, 7) is 2.88. The van der Waals surface area contributed by atoms with Crippen LogP contribution in [0.3, 0.4) is 0 Å². The van der Waals surface area contributed by atoms with Gasteiger partial charge in [0, 0.05) is 25.7 Å². The van der Waals surface area contributed by atoms with Gasteiger partial charge in [0.05, 0.1) is 20.8 Å². The highest BCUT2D eigenvalue weighted by Gasteiger charge is 2.17. The molecule has 1 aliphatic rings. The first-order valence-electron chi connectivity index (χ1n) is 8.08. The van der Waals surface area contributed by atoms with Gasteiger partial charge in [-0.3, -0.25) is 9.69 Å². The average Bonchev–Trinajstić information content (AvgIpc) is 2.56. The molecule has 128 valence electrons. The second kappa shape index (κ2) is 8.74. The first-order valence-corrected chi connectivity index (χ1v) is 8.08. The molecule has 6 heteroatoms. The van der Waals surface area contributed by atoms with E-state index in [0.717, 1.165) is 37.9 Å². The Labute approximate surface area is 137 Å². The van der Waals surface area contributed by atoms with Crippen LogP contribution in [0.15, 0.2) is 18.2 Å². The Bertz CT molecular complexity index is 514. The minimum atomic E-state index is 0.0703. The molecule has 0 bridgehead atoms. The first kappa shape index (κ1) is 17.6. The van der Waals surface area contributed by atoms with E-state index in [-0.39, 0.29) is 5.91 Å². The van der Waals surface area contributed by atoms with E-state index in [9.17, 15) is 4.79 Å². The molecule has 6 nitrogen and oxygen atoms in total. The van der Waals surface area contributed by atoms with E-state index in [1.54, 1.807) is 14.2 Å². The third-order valence-electron chi connectivity index (χ3n) is 4.18. The number of hydrogen-bond donors (Lipinski definition) is 2. The molecule has 0 aromatic heterocycles. The topological polar surface area (TPSA) is 76.8 Å². The van der Waals surface area contributed by atoms with Crippen molar-refractivity contribution in [2.75, 3.05) is 40.4 Å². The number of carbonyl (C=O) groups is 1. The monoisotopic (exact) mass is 321 g/mol. The molecular formula is C17H27N3O3. The molecule has 1 aliphatic heterocycles. The number of rotatable bonds is 7. The fourth-order valence-corrected chi connectivity index (χ4v) is 2.75. The summed E-state index contributed by atoms with van der Waals surface area (Å²) in [5.41, 5.74) is 6.97. The predicted octanol–water partition coefficient (Wildman–Crippen LogP) is 0.786. The van der Waals surface area contributed by atoms with Crippen molar-refractivity contribution >= 4 is 5.91 Å². The average molecular weight is 321 g/mol. The van der Waals surface area contributed by atoms with Crippen LogP contribution in [0.4, 0.5) is 0 Å². The minimum absolute atomic E-state index is 0.0703. The van der Waals surface area contributed by atoms with Crippen molar-refractivity contribution in [3.63, 3.8) is 0 Å². The zero-order valence-electron chi connectivity index (χ0n) is 14.0. The summed E-state index contributed by atoms with van der Waals surface area (Å²) in [6.07, 6.45) is 2.70. The molecule has 2 rings (SSSR count). The number of piperidine rings is 1. The molecule has 0 saturated carbocycles. The van der Waals surface area contributed by atoms with E-state index in [1.807, 2.05) is 18.2 Å². The number of benzene rings is 1. The van der Waals surface area contributed by atoms with E-state index < -0.39 is 0 Å². The van der Waals surface area contributed by atoms with E-state index in [2.05, 4.69) is 10.2 Å². The molecule has 0 aliphatic carbocycles. The van der Waals surface area contributed by atoms with Gasteiger partial charge in [0.2, 0.25) is 5.91 Å². The molecule has 0 spiro atoms. The van der Waals surface area contributed by atoms with Crippen LogP contribution in [-0.4, -0.2) is 57.2 Å². The summed E-state index contributed by atoms with van der Waals surface area (Å²) in [4.78, 5) is 14.1. The number of hydrogen-bond acceptors (Lipinski definition) is 5. The maximum atomic E-state index is 12.0. The van der Waals surface area contributed by atoms with E-state index in [4.69, 9.17) is 15.2 Å². The summed E-state index contributed by atoms with van der Waals surface area (Å²) in [6, 6.07) is 6.10. The number of amides is 1. The summed E-state index contributed by atoms with van der Waals surface area (Å²) in [7, 11) is 3.24. The molecular weight excluding hydrogens is 294 g/mol. The first-order chi connectivity index (χ1) is 11.1. The van der Waals surface area contributed by atoms with Gasteiger partial charge in [-0.1, -0.05) is 6.07 Å². The Morgan fingerprint density at radius 1 is 1.26 bits per heavy atom. The smallest absolute Gasteiger partial charge is 0.234 e. The van der Waals surface area contributed by atoms with Crippen LogP contribution in [0, 0.1) is 0 Å². The van der Waals surface area contributed by atoms with Gasteiger partial charge in [0.25, 0.3) is 0 Å². The molecule has 1 saturated heterocycles. The van der Waals surface area contributed by atoms with Crippen LogP contribution < -0.4 is 20.5 Å². The maximum Gasteiger partial charge on any atom is 0.234 e. The lowest BCUT2D eigenvalue weighted by molar-refractivity contribution is -0.122. The fourth-order valence-electron chi connectivity index (χ4n) is 2.75. The summed E-state index contributed by atoms with van der Waals surface area (Å²) < 4.78 is 10.5.